The van der Waals surface area contributed by atoms with Crippen molar-refractivity contribution < 1.29 is 0 Å². The number of anilines is 1. The van der Waals surface area contributed by atoms with Gasteiger partial charge in [0, 0.05) is 36.8 Å². The van der Waals surface area contributed by atoms with Gasteiger partial charge in [-0.2, -0.15) is 0 Å². The zero-order valence-corrected chi connectivity index (χ0v) is 9.44. The Morgan fingerprint density at radius 2 is 2.19 bits per heavy atom. The van der Waals surface area contributed by atoms with E-state index in [9.17, 15) is 0 Å². The second-order valence-electron chi connectivity index (χ2n) is 3.41. The molecule has 0 amide bonds. The molecule has 0 aliphatic rings. The molecule has 0 saturated heterocycles. The third kappa shape index (κ3) is 2.16. The minimum Gasteiger partial charge on any atom is -0.373 e. The first kappa shape index (κ1) is 10.5. The number of nitrogens with zero attached hydrogens (tertiary/aromatic N) is 3. The summed E-state index contributed by atoms with van der Waals surface area (Å²) in [7, 11) is 1.86. The van der Waals surface area contributed by atoms with Crippen LogP contribution in [0.25, 0.3) is 11.4 Å². The van der Waals surface area contributed by atoms with Crippen molar-refractivity contribution >= 4 is 5.82 Å². The molecule has 16 heavy (non-hydrogen) atoms. The van der Waals surface area contributed by atoms with Gasteiger partial charge in [-0.25, -0.2) is 9.97 Å². The van der Waals surface area contributed by atoms with E-state index in [1.165, 1.54) is 0 Å². The Bertz CT molecular complexity index is 445. The van der Waals surface area contributed by atoms with E-state index in [4.69, 9.17) is 0 Å². The van der Waals surface area contributed by atoms with Gasteiger partial charge in [0.2, 0.25) is 0 Å². The van der Waals surface area contributed by atoms with Gasteiger partial charge < -0.3 is 5.32 Å². The summed E-state index contributed by atoms with van der Waals surface area (Å²) in [6.07, 6.45) is 4.41. The molecular weight excluding hydrogens is 200 g/mol. The quantitative estimate of drug-likeness (QED) is 0.850. The summed E-state index contributed by atoms with van der Waals surface area (Å²) in [5.74, 6) is 1.56. The van der Waals surface area contributed by atoms with Crippen molar-refractivity contribution in [2.45, 2.75) is 13.3 Å². The number of aromatic nitrogens is 3. The van der Waals surface area contributed by atoms with Gasteiger partial charge in [-0.05, 0) is 18.6 Å². The Morgan fingerprint density at radius 3 is 2.81 bits per heavy atom. The van der Waals surface area contributed by atoms with E-state index >= 15 is 0 Å². The van der Waals surface area contributed by atoms with E-state index in [1.807, 2.05) is 25.2 Å². The summed E-state index contributed by atoms with van der Waals surface area (Å²) in [5.41, 5.74) is 1.97. The second-order valence-corrected chi connectivity index (χ2v) is 3.41. The highest BCUT2D eigenvalue weighted by Crippen LogP contribution is 2.16. The first-order valence-corrected chi connectivity index (χ1v) is 5.29. The van der Waals surface area contributed by atoms with E-state index in [2.05, 4.69) is 27.2 Å². The van der Waals surface area contributed by atoms with Crippen LogP contribution in [-0.4, -0.2) is 22.0 Å². The van der Waals surface area contributed by atoms with Gasteiger partial charge in [0.1, 0.15) is 5.82 Å². The maximum atomic E-state index is 4.48. The molecule has 0 radical (unpaired) electrons. The van der Waals surface area contributed by atoms with E-state index in [-0.39, 0.29) is 0 Å². The topological polar surface area (TPSA) is 50.7 Å². The largest absolute Gasteiger partial charge is 0.373 e. The molecule has 0 aliphatic heterocycles. The zero-order valence-electron chi connectivity index (χ0n) is 9.44. The van der Waals surface area contributed by atoms with Gasteiger partial charge >= 0.3 is 0 Å². The first-order chi connectivity index (χ1) is 7.83. The maximum Gasteiger partial charge on any atom is 0.163 e. The number of pyridine rings is 1. The fraction of sp³-hybridized carbons (Fsp3) is 0.250. The Balaban J connectivity index is 2.48. The molecule has 0 aliphatic carbocycles. The van der Waals surface area contributed by atoms with Crippen LogP contribution in [0.1, 0.15) is 12.6 Å². The van der Waals surface area contributed by atoms with Crippen molar-refractivity contribution in [3.05, 3.63) is 36.3 Å². The third-order valence-corrected chi connectivity index (χ3v) is 2.32. The fourth-order valence-electron chi connectivity index (χ4n) is 1.43. The highest BCUT2D eigenvalue weighted by atomic mass is 15.0. The number of rotatable bonds is 3. The molecule has 0 fully saturated rings. The van der Waals surface area contributed by atoms with Crippen LogP contribution in [0.3, 0.4) is 0 Å². The molecule has 0 unspecified atom stereocenters. The Morgan fingerprint density at radius 1 is 1.31 bits per heavy atom. The minimum atomic E-state index is 0.719. The molecule has 2 heterocycles. The van der Waals surface area contributed by atoms with Crippen molar-refractivity contribution in [1.82, 2.24) is 15.0 Å². The molecule has 0 bridgehead atoms. The minimum absolute atomic E-state index is 0.719. The molecule has 2 aromatic heterocycles. The van der Waals surface area contributed by atoms with Gasteiger partial charge in [0.25, 0.3) is 0 Å². The molecule has 2 aromatic rings. The summed E-state index contributed by atoms with van der Waals surface area (Å²) in [6, 6.07) is 5.80. The molecule has 2 rings (SSSR count). The molecule has 0 saturated carbocycles. The van der Waals surface area contributed by atoms with Crippen molar-refractivity contribution in [1.29, 1.82) is 0 Å². The Hall–Kier alpha value is -1.97. The van der Waals surface area contributed by atoms with Crippen LogP contribution in [0.15, 0.2) is 30.6 Å². The predicted octanol–water partition coefficient (Wildman–Crippen LogP) is 2.14. The van der Waals surface area contributed by atoms with Crippen LogP contribution in [0, 0.1) is 0 Å². The van der Waals surface area contributed by atoms with Gasteiger partial charge in [-0.3, -0.25) is 4.98 Å². The van der Waals surface area contributed by atoms with Crippen molar-refractivity contribution in [2.75, 3.05) is 12.4 Å². The average Bonchev–Trinajstić information content (AvgIpc) is 2.39. The Labute approximate surface area is 94.8 Å². The Kier molecular flexibility index (Phi) is 3.10. The number of hydrogen-bond donors (Lipinski definition) is 1. The highest BCUT2D eigenvalue weighted by molar-refractivity contribution is 5.56. The number of nitrogens with one attached hydrogen (secondary N) is 1. The SMILES string of the molecule is CCc1cc(NC)nc(-c2cccnc2)n1. The smallest absolute Gasteiger partial charge is 0.163 e. The van der Waals surface area contributed by atoms with Crippen molar-refractivity contribution in [2.24, 2.45) is 0 Å². The van der Waals surface area contributed by atoms with E-state index in [0.29, 0.717) is 0 Å². The van der Waals surface area contributed by atoms with Crippen LogP contribution in [0.5, 0.6) is 0 Å². The summed E-state index contributed by atoms with van der Waals surface area (Å²) < 4.78 is 0. The molecule has 0 spiro atoms. The van der Waals surface area contributed by atoms with E-state index in [0.717, 1.165) is 29.3 Å². The van der Waals surface area contributed by atoms with Crippen molar-refractivity contribution in [3.8, 4) is 11.4 Å². The average molecular weight is 214 g/mol. The second kappa shape index (κ2) is 4.70. The number of hydrogen-bond acceptors (Lipinski definition) is 4. The van der Waals surface area contributed by atoms with Gasteiger partial charge in [-0.15, -0.1) is 0 Å². The molecule has 4 heteroatoms. The lowest BCUT2D eigenvalue weighted by Crippen LogP contribution is -2.00. The standard InChI is InChI=1S/C12H14N4/c1-3-10-7-11(13-2)16-12(15-10)9-5-4-6-14-8-9/h4-8H,3H2,1-2H3,(H,13,15,16). The highest BCUT2D eigenvalue weighted by Gasteiger charge is 2.04. The lowest BCUT2D eigenvalue weighted by atomic mass is 10.2. The van der Waals surface area contributed by atoms with Gasteiger partial charge in [0.05, 0.1) is 0 Å². The van der Waals surface area contributed by atoms with E-state index in [1.54, 1.807) is 12.4 Å². The molecule has 1 N–H and O–H groups in total. The van der Waals surface area contributed by atoms with Crippen LogP contribution < -0.4 is 5.32 Å². The summed E-state index contributed by atoms with van der Waals surface area (Å²) in [6.45, 7) is 2.08. The molecule has 0 atom stereocenters. The summed E-state index contributed by atoms with van der Waals surface area (Å²) in [4.78, 5) is 13.0. The lowest BCUT2D eigenvalue weighted by molar-refractivity contribution is 1.00. The van der Waals surface area contributed by atoms with Crippen LogP contribution in [0.4, 0.5) is 5.82 Å². The van der Waals surface area contributed by atoms with Crippen LogP contribution in [0.2, 0.25) is 0 Å². The third-order valence-electron chi connectivity index (χ3n) is 2.32. The zero-order chi connectivity index (χ0) is 11.4. The van der Waals surface area contributed by atoms with Crippen LogP contribution in [-0.2, 0) is 6.42 Å². The molecule has 4 nitrogen and oxygen atoms in total. The van der Waals surface area contributed by atoms with Gasteiger partial charge in [0.15, 0.2) is 5.82 Å². The molecular formula is C12H14N4. The van der Waals surface area contributed by atoms with Crippen LogP contribution >= 0.6 is 0 Å². The normalized spacial score (nSPS) is 10.1. The fourth-order valence-corrected chi connectivity index (χ4v) is 1.43. The van der Waals surface area contributed by atoms with Crippen molar-refractivity contribution in [3.63, 3.8) is 0 Å². The number of aryl methyl sites for hydroxylation is 1. The summed E-state index contributed by atoms with van der Waals surface area (Å²) >= 11 is 0. The first-order valence-electron chi connectivity index (χ1n) is 5.29. The maximum absolute atomic E-state index is 4.48. The molecule has 82 valence electrons. The van der Waals surface area contributed by atoms with Gasteiger partial charge in [-0.1, -0.05) is 6.92 Å². The predicted molar refractivity (Wildman–Crippen MR) is 64.2 cm³/mol. The monoisotopic (exact) mass is 214 g/mol. The summed E-state index contributed by atoms with van der Waals surface area (Å²) in [5, 5.41) is 3.04. The molecule has 0 aromatic carbocycles. The van der Waals surface area contributed by atoms with E-state index < -0.39 is 0 Å². The lowest BCUT2D eigenvalue weighted by Gasteiger charge is -2.06.